The van der Waals surface area contributed by atoms with Gasteiger partial charge >= 0.3 is 0 Å². The smallest absolute Gasteiger partial charge is 0.220 e. The molecule has 0 aliphatic carbocycles. The summed E-state index contributed by atoms with van der Waals surface area (Å²) < 4.78 is 5.48. The third-order valence-electron chi connectivity index (χ3n) is 4.47. The maximum Gasteiger partial charge on any atom is 0.220 e. The van der Waals surface area contributed by atoms with Crippen LogP contribution in [0.25, 0.3) is 0 Å². The summed E-state index contributed by atoms with van der Waals surface area (Å²) in [5, 5.41) is 6.65. The average Bonchev–Trinajstić information content (AvgIpc) is 2.77. The minimum Gasteiger partial charge on any atom is -0.381 e. The molecule has 0 aromatic carbocycles. The molecule has 2 N–H and O–H groups in total. The van der Waals surface area contributed by atoms with Crippen LogP contribution in [0.1, 0.15) is 58.3 Å². The third-order valence-corrected chi connectivity index (χ3v) is 4.47. The number of carbonyl (C=O) groups is 1. The molecule has 2 bridgehead atoms. The molecule has 0 saturated carbocycles. The number of amides is 1. The van der Waals surface area contributed by atoms with Gasteiger partial charge in [0.15, 0.2) is 0 Å². The summed E-state index contributed by atoms with van der Waals surface area (Å²) in [6.45, 7) is 4.53. The topological polar surface area (TPSA) is 50.4 Å². The number of ether oxygens (including phenoxy) is 1. The zero-order valence-electron chi connectivity index (χ0n) is 13.2. The summed E-state index contributed by atoms with van der Waals surface area (Å²) in [5.41, 5.74) is 0. The van der Waals surface area contributed by atoms with Crippen molar-refractivity contribution < 1.29 is 9.53 Å². The lowest BCUT2D eigenvalue weighted by Gasteiger charge is -2.28. The number of carbonyl (C=O) groups excluding carboxylic acids is 1. The molecule has 0 aromatic heterocycles. The molecule has 2 heterocycles. The third kappa shape index (κ3) is 6.98. The molecule has 2 unspecified atom stereocenters. The maximum absolute atomic E-state index is 11.9. The molecule has 0 spiro atoms. The van der Waals surface area contributed by atoms with Crippen LogP contribution in [-0.2, 0) is 9.53 Å². The second-order valence-corrected chi connectivity index (χ2v) is 6.35. The lowest BCUT2D eigenvalue weighted by atomic mass is 9.89. The van der Waals surface area contributed by atoms with Gasteiger partial charge in [0.25, 0.3) is 0 Å². The van der Waals surface area contributed by atoms with Crippen molar-refractivity contribution in [3.63, 3.8) is 0 Å². The number of hydrogen-bond acceptors (Lipinski definition) is 3. The van der Waals surface area contributed by atoms with Crippen LogP contribution in [0.5, 0.6) is 0 Å². The van der Waals surface area contributed by atoms with E-state index in [9.17, 15) is 4.79 Å². The molecule has 2 rings (SSSR count). The number of hydrogen-bond donors (Lipinski definition) is 2. The van der Waals surface area contributed by atoms with E-state index in [4.69, 9.17) is 4.74 Å². The number of fused-ring (bicyclic) bond motifs is 2. The van der Waals surface area contributed by atoms with Crippen LogP contribution in [0.15, 0.2) is 0 Å². The van der Waals surface area contributed by atoms with E-state index in [1.54, 1.807) is 0 Å². The molecule has 2 aliphatic heterocycles. The summed E-state index contributed by atoms with van der Waals surface area (Å²) in [6, 6.07) is 1.36. The molecule has 2 saturated heterocycles. The zero-order valence-corrected chi connectivity index (χ0v) is 14.1. The number of unbranched alkanes of at least 4 members (excludes halogenated alkanes) is 1. The average molecular weight is 319 g/mol. The predicted octanol–water partition coefficient (Wildman–Crippen LogP) is 2.65. The molecule has 4 nitrogen and oxygen atoms in total. The molecule has 1 amide bonds. The molecule has 5 heteroatoms. The first-order chi connectivity index (χ1) is 9.78. The van der Waals surface area contributed by atoms with Gasteiger partial charge in [-0.3, -0.25) is 4.79 Å². The van der Waals surface area contributed by atoms with Gasteiger partial charge in [0.2, 0.25) is 5.91 Å². The van der Waals surface area contributed by atoms with Gasteiger partial charge in [0, 0.05) is 38.3 Å². The first kappa shape index (κ1) is 18.7. The minimum absolute atomic E-state index is 0. The monoisotopic (exact) mass is 318 g/mol. The molecule has 0 radical (unpaired) electrons. The molecule has 2 aliphatic rings. The Morgan fingerprint density at radius 1 is 1.19 bits per heavy atom. The van der Waals surface area contributed by atoms with E-state index in [1.807, 2.05) is 0 Å². The van der Waals surface area contributed by atoms with E-state index in [-0.39, 0.29) is 18.3 Å². The van der Waals surface area contributed by atoms with Crippen LogP contribution < -0.4 is 10.6 Å². The highest BCUT2D eigenvalue weighted by Gasteiger charge is 2.33. The largest absolute Gasteiger partial charge is 0.381 e. The lowest BCUT2D eigenvalue weighted by molar-refractivity contribution is -0.122. The Labute approximate surface area is 135 Å². The van der Waals surface area contributed by atoms with Gasteiger partial charge in [-0.2, -0.15) is 0 Å². The SMILES string of the molecule is CCCCOCCCNC(=O)CC1CC2CCC(C1)N2.Cl. The Hall–Kier alpha value is -0.320. The Morgan fingerprint density at radius 3 is 2.52 bits per heavy atom. The fourth-order valence-electron chi connectivity index (χ4n) is 3.43. The van der Waals surface area contributed by atoms with E-state index in [0.717, 1.165) is 32.6 Å². The van der Waals surface area contributed by atoms with Crippen molar-refractivity contribution >= 4 is 18.3 Å². The van der Waals surface area contributed by atoms with Crippen molar-refractivity contribution in [3.05, 3.63) is 0 Å². The van der Waals surface area contributed by atoms with Gasteiger partial charge in [-0.25, -0.2) is 0 Å². The van der Waals surface area contributed by atoms with Crippen molar-refractivity contribution in [1.29, 1.82) is 0 Å². The molecule has 21 heavy (non-hydrogen) atoms. The van der Waals surface area contributed by atoms with Crippen LogP contribution in [0.2, 0.25) is 0 Å². The standard InChI is InChI=1S/C16H30N2O2.ClH/c1-2-3-8-20-9-4-7-17-16(19)12-13-10-14-5-6-15(11-13)18-14;/h13-15,18H,2-12H2,1H3,(H,17,19);1H. The van der Waals surface area contributed by atoms with E-state index >= 15 is 0 Å². The van der Waals surface area contributed by atoms with Crippen LogP contribution in [0, 0.1) is 5.92 Å². The highest BCUT2D eigenvalue weighted by atomic mass is 35.5. The normalized spacial score (nSPS) is 27.2. The van der Waals surface area contributed by atoms with Gasteiger partial charge < -0.3 is 15.4 Å². The van der Waals surface area contributed by atoms with Gasteiger partial charge in [-0.05, 0) is 44.4 Å². The summed E-state index contributed by atoms with van der Waals surface area (Å²) in [6.07, 6.45) is 8.92. The van der Waals surface area contributed by atoms with E-state index in [0.29, 0.717) is 24.4 Å². The molecule has 0 aromatic rings. The highest BCUT2D eigenvalue weighted by molar-refractivity contribution is 5.85. The van der Waals surface area contributed by atoms with Gasteiger partial charge in [-0.15, -0.1) is 12.4 Å². The van der Waals surface area contributed by atoms with E-state index < -0.39 is 0 Å². The number of nitrogens with one attached hydrogen (secondary N) is 2. The van der Waals surface area contributed by atoms with Gasteiger partial charge in [0.1, 0.15) is 0 Å². The molecular weight excluding hydrogens is 288 g/mol. The molecule has 2 atom stereocenters. The summed E-state index contributed by atoms with van der Waals surface area (Å²) in [4.78, 5) is 11.9. The van der Waals surface area contributed by atoms with Crippen molar-refractivity contribution in [1.82, 2.24) is 10.6 Å². The molecule has 2 fully saturated rings. The Morgan fingerprint density at radius 2 is 1.86 bits per heavy atom. The molecular formula is C16H31ClN2O2. The number of rotatable bonds is 9. The van der Waals surface area contributed by atoms with E-state index in [1.165, 1.54) is 32.1 Å². The fourth-order valence-corrected chi connectivity index (χ4v) is 3.43. The van der Waals surface area contributed by atoms with Crippen molar-refractivity contribution in [3.8, 4) is 0 Å². The van der Waals surface area contributed by atoms with Crippen LogP contribution in [0.3, 0.4) is 0 Å². The van der Waals surface area contributed by atoms with Crippen molar-refractivity contribution in [2.24, 2.45) is 5.92 Å². The quantitative estimate of drug-likeness (QED) is 0.643. The zero-order chi connectivity index (χ0) is 14.2. The highest BCUT2D eigenvalue weighted by Crippen LogP contribution is 2.32. The summed E-state index contributed by atoms with van der Waals surface area (Å²) in [7, 11) is 0. The minimum atomic E-state index is 0. The Balaban J connectivity index is 0.00000220. The fraction of sp³-hybridized carbons (Fsp3) is 0.938. The van der Waals surface area contributed by atoms with Crippen LogP contribution >= 0.6 is 12.4 Å². The first-order valence-corrected chi connectivity index (χ1v) is 8.38. The molecule has 124 valence electrons. The van der Waals surface area contributed by atoms with Crippen LogP contribution in [-0.4, -0.2) is 37.7 Å². The number of piperidine rings is 1. The second kappa shape index (κ2) is 10.4. The van der Waals surface area contributed by atoms with Gasteiger partial charge in [-0.1, -0.05) is 13.3 Å². The van der Waals surface area contributed by atoms with E-state index in [2.05, 4.69) is 17.6 Å². The Kier molecular flexibility index (Phi) is 9.29. The second-order valence-electron chi connectivity index (χ2n) is 6.35. The number of halogens is 1. The van der Waals surface area contributed by atoms with Gasteiger partial charge in [0.05, 0.1) is 0 Å². The maximum atomic E-state index is 11.9. The van der Waals surface area contributed by atoms with Crippen molar-refractivity contribution in [2.45, 2.75) is 70.4 Å². The first-order valence-electron chi connectivity index (χ1n) is 8.38. The van der Waals surface area contributed by atoms with Crippen molar-refractivity contribution in [2.75, 3.05) is 19.8 Å². The summed E-state index contributed by atoms with van der Waals surface area (Å²) >= 11 is 0. The lowest BCUT2D eigenvalue weighted by Crippen LogP contribution is -2.39. The predicted molar refractivity (Wildman–Crippen MR) is 87.9 cm³/mol. The Bertz CT molecular complexity index is 290. The van der Waals surface area contributed by atoms with Crippen LogP contribution in [0.4, 0.5) is 0 Å². The summed E-state index contributed by atoms with van der Waals surface area (Å²) in [5.74, 6) is 0.819.